The number of nitrogens with zero attached hydrogens (tertiary/aromatic N) is 1. The normalized spacial score (nSPS) is 12.3. The van der Waals surface area contributed by atoms with Crippen molar-refractivity contribution in [3.05, 3.63) is 35.4 Å². The summed E-state index contributed by atoms with van der Waals surface area (Å²) in [6, 6.07) is 3.45. The maximum Gasteiger partial charge on any atom is 0.224 e. The second-order valence-corrected chi connectivity index (χ2v) is 4.37. The van der Waals surface area contributed by atoms with Crippen LogP contribution in [0.5, 0.6) is 0 Å². The quantitative estimate of drug-likeness (QED) is 0.876. The van der Waals surface area contributed by atoms with Gasteiger partial charge in [-0.1, -0.05) is 13.0 Å². The van der Waals surface area contributed by atoms with Crippen LogP contribution in [0.2, 0.25) is 0 Å². The Morgan fingerprint density at radius 3 is 2.61 bits per heavy atom. The van der Waals surface area contributed by atoms with E-state index in [2.05, 4.69) is 0 Å². The summed E-state index contributed by atoms with van der Waals surface area (Å²) in [5, 5.41) is 0. The molecule has 1 amide bonds. The van der Waals surface area contributed by atoms with Gasteiger partial charge < -0.3 is 10.6 Å². The van der Waals surface area contributed by atoms with E-state index in [-0.39, 0.29) is 24.9 Å². The molecule has 1 atom stereocenters. The lowest BCUT2D eigenvalue weighted by atomic mass is 10.1. The zero-order valence-corrected chi connectivity index (χ0v) is 10.6. The first kappa shape index (κ1) is 14.6. The lowest BCUT2D eigenvalue weighted by Gasteiger charge is -2.19. The van der Waals surface area contributed by atoms with Gasteiger partial charge >= 0.3 is 0 Å². The van der Waals surface area contributed by atoms with Gasteiger partial charge in [-0.3, -0.25) is 4.79 Å². The van der Waals surface area contributed by atoms with Crippen LogP contribution in [0.4, 0.5) is 8.78 Å². The molecule has 0 spiro atoms. The summed E-state index contributed by atoms with van der Waals surface area (Å²) in [5.41, 5.74) is 6.24. The Balaban J connectivity index is 2.60. The van der Waals surface area contributed by atoms with Crippen LogP contribution in [0.1, 0.15) is 25.3 Å². The number of rotatable bonds is 5. The number of amides is 1. The summed E-state index contributed by atoms with van der Waals surface area (Å²) in [7, 11) is 1.62. The lowest BCUT2D eigenvalue weighted by molar-refractivity contribution is -0.130. The highest BCUT2D eigenvalue weighted by Gasteiger charge is 2.13. The molecule has 100 valence electrons. The first-order valence-electron chi connectivity index (χ1n) is 5.87. The van der Waals surface area contributed by atoms with Crippen molar-refractivity contribution in [3.63, 3.8) is 0 Å². The van der Waals surface area contributed by atoms with Crippen LogP contribution in [0, 0.1) is 11.6 Å². The molecule has 1 rings (SSSR count). The molecule has 0 aliphatic rings. The van der Waals surface area contributed by atoms with Gasteiger partial charge in [-0.05, 0) is 24.1 Å². The van der Waals surface area contributed by atoms with E-state index < -0.39 is 11.6 Å². The molecule has 0 bridgehead atoms. The van der Waals surface area contributed by atoms with Gasteiger partial charge in [0, 0.05) is 26.1 Å². The van der Waals surface area contributed by atoms with Crippen LogP contribution in [-0.4, -0.2) is 23.9 Å². The van der Waals surface area contributed by atoms with Crippen molar-refractivity contribution in [2.24, 2.45) is 5.73 Å². The van der Waals surface area contributed by atoms with Crippen LogP contribution in [-0.2, 0) is 11.3 Å². The fourth-order valence-electron chi connectivity index (χ4n) is 1.52. The topological polar surface area (TPSA) is 46.3 Å². The van der Waals surface area contributed by atoms with Crippen molar-refractivity contribution >= 4 is 5.91 Å². The summed E-state index contributed by atoms with van der Waals surface area (Å²) in [5.74, 6) is -1.89. The Kier molecular flexibility index (Phi) is 5.22. The summed E-state index contributed by atoms with van der Waals surface area (Å²) in [6.45, 7) is 2.15. The maximum absolute atomic E-state index is 13.0. The smallest absolute Gasteiger partial charge is 0.224 e. The maximum atomic E-state index is 13.0. The van der Waals surface area contributed by atoms with Crippen LogP contribution >= 0.6 is 0 Å². The molecular weight excluding hydrogens is 238 g/mol. The number of carbonyl (C=O) groups excluding carboxylic acids is 1. The molecule has 0 saturated heterocycles. The molecule has 5 heteroatoms. The van der Waals surface area contributed by atoms with Crippen molar-refractivity contribution in [2.45, 2.75) is 32.4 Å². The van der Waals surface area contributed by atoms with Crippen LogP contribution in [0.25, 0.3) is 0 Å². The third kappa shape index (κ3) is 4.07. The molecular formula is C13H18F2N2O. The van der Waals surface area contributed by atoms with Crippen molar-refractivity contribution < 1.29 is 13.6 Å². The molecule has 0 aromatic heterocycles. The summed E-state index contributed by atoms with van der Waals surface area (Å²) in [4.78, 5) is 13.2. The molecule has 3 nitrogen and oxygen atoms in total. The van der Waals surface area contributed by atoms with E-state index in [1.807, 2.05) is 6.92 Å². The van der Waals surface area contributed by atoms with Crippen LogP contribution in [0.15, 0.2) is 18.2 Å². The van der Waals surface area contributed by atoms with E-state index in [0.29, 0.717) is 5.56 Å². The molecule has 0 fully saturated rings. The predicted octanol–water partition coefficient (Wildman–Crippen LogP) is 2.05. The van der Waals surface area contributed by atoms with E-state index in [0.717, 1.165) is 18.6 Å². The number of hydrogen-bond donors (Lipinski definition) is 1. The zero-order valence-electron chi connectivity index (χ0n) is 10.6. The minimum atomic E-state index is -0.904. The van der Waals surface area contributed by atoms with Gasteiger partial charge in [-0.15, -0.1) is 0 Å². The van der Waals surface area contributed by atoms with Gasteiger partial charge in [-0.25, -0.2) is 8.78 Å². The van der Waals surface area contributed by atoms with Gasteiger partial charge in [0.15, 0.2) is 11.6 Å². The van der Waals surface area contributed by atoms with Gasteiger partial charge in [0.25, 0.3) is 0 Å². The molecule has 0 saturated carbocycles. The molecule has 18 heavy (non-hydrogen) atoms. The Morgan fingerprint density at radius 1 is 1.39 bits per heavy atom. The lowest BCUT2D eigenvalue weighted by Crippen LogP contribution is -2.32. The van der Waals surface area contributed by atoms with Crippen molar-refractivity contribution in [2.75, 3.05) is 7.05 Å². The molecule has 1 aromatic rings. The number of nitrogens with two attached hydrogens (primary N) is 1. The molecule has 0 aliphatic heterocycles. The summed E-state index contributed by atoms with van der Waals surface area (Å²) in [6.07, 6.45) is 0.988. The Hall–Kier alpha value is -1.49. The van der Waals surface area contributed by atoms with Crippen LogP contribution in [0.3, 0.4) is 0 Å². The minimum absolute atomic E-state index is 0.103. The third-order valence-electron chi connectivity index (χ3n) is 2.79. The largest absolute Gasteiger partial charge is 0.341 e. The highest BCUT2D eigenvalue weighted by molar-refractivity contribution is 5.76. The SMILES string of the molecule is CCC(N)CC(=O)N(C)Cc1ccc(F)c(F)c1. The second kappa shape index (κ2) is 6.44. The molecule has 0 radical (unpaired) electrons. The first-order valence-corrected chi connectivity index (χ1v) is 5.87. The van der Waals surface area contributed by atoms with Crippen LogP contribution < -0.4 is 5.73 Å². The monoisotopic (exact) mass is 256 g/mol. The van der Waals surface area contributed by atoms with E-state index in [1.165, 1.54) is 11.0 Å². The van der Waals surface area contributed by atoms with E-state index in [9.17, 15) is 13.6 Å². The van der Waals surface area contributed by atoms with E-state index in [1.54, 1.807) is 7.05 Å². The standard InChI is InChI=1S/C13H18F2N2O/c1-3-10(16)7-13(18)17(2)8-9-4-5-11(14)12(15)6-9/h4-6,10H,3,7-8,16H2,1-2H3. The van der Waals surface area contributed by atoms with Gasteiger partial charge in [-0.2, -0.15) is 0 Å². The summed E-state index contributed by atoms with van der Waals surface area (Å²) >= 11 is 0. The Morgan fingerprint density at radius 2 is 2.06 bits per heavy atom. The predicted molar refractivity (Wildman–Crippen MR) is 65.7 cm³/mol. The molecule has 0 aliphatic carbocycles. The highest BCUT2D eigenvalue weighted by Crippen LogP contribution is 2.11. The van der Waals surface area contributed by atoms with Gasteiger partial charge in [0.05, 0.1) is 0 Å². The van der Waals surface area contributed by atoms with E-state index >= 15 is 0 Å². The molecule has 1 unspecified atom stereocenters. The molecule has 0 heterocycles. The highest BCUT2D eigenvalue weighted by atomic mass is 19.2. The average molecular weight is 256 g/mol. The zero-order chi connectivity index (χ0) is 13.7. The van der Waals surface area contributed by atoms with Gasteiger partial charge in [0.1, 0.15) is 0 Å². The molecule has 2 N–H and O–H groups in total. The number of benzene rings is 1. The van der Waals surface area contributed by atoms with Crippen molar-refractivity contribution in [1.29, 1.82) is 0 Å². The number of hydrogen-bond acceptors (Lipinski definition) is 2. The fraction of sp³-hybridized carbons (Fsp3) is 0.462. The first-order chi connectivity index (χ1) is 8.43. The third-order valence-corrected chi connectivity index (χ3v) is 2.79. The fourth-order valence-corrected chi connectivity index (χ4v) is 1.52. The average Bonchev–Trinajstić information content (AvgIpc) is 2.33. The number of halogens is 2. The number of carbonyl (C=O) groups is 1. The van der Waals surface area contributed by atoms with E-state index in [4.69, 9.17) is 5.73 Å². The van der Waals surface area contributed by atoms with Gasteiger partial charge in [0.2, 0.25) is 5.91 Å². The second-order valence-electron chi connectivity index (χ2n) is 4.37. The van der Waals surface area contributed by atoms with Crippen molar-refractivity contribution in [3.8, 4) is 0 Å². The summed E-state index contributed by atoms with van der Waals surface area (Å²) < 4.78 is 25.7. The van der Waals surface area contributed by atoms with Crippen molar-refractivity contribution in [1.82, 2.24) is 4.90 Å². The minimum Gasteiger partial charge on any atom is -0.341 e. The molecule has 1 aromatic carbocycles. The Labute approximate surface area is 106 Å². The Bertz CT molecular complexity index is 423.